The van der Waals surface area contributed by atoms with Crippen molar-refractivity contribution < 1.29 is 13.3 Å². The molecule has 0 N–H and O–H groups in total. The highest BCUT2D eigenvalue weighted by atomic mass is 16.3. The molecule has 6 aliphatic heterocycles. The minimum atomic E-state index is -0.262. The molecule has 3 aromatic heterocycles. The molecule has 21 aromatic rings. The molecule has 18 aromatic carbocycles. The van der Waals surface area contributed by atoms with Crippen molar-refractivity contribution >= 4 is 255 Å². The van der Waals surface area contributed by atoms with Crippen LogP contribution >= 0.6 is 0 Å². The molecule has 0 aliphatic carbocycles. The maximum absolute atomic E-state index is 7.01. The van der Waals surface area contributed by atoms with Crippen LogP contribution in [0.15, 0.2) is 395 Å². The van der Waals surface area contributed by atoms with Crippen LogP contribution in [0, 0.1) is 20.8 Å². The van der Waals surface area contributed by atoms with Crippen molar-refractivity contribution in [1.29, 1.82) is 0 Å². The molecule has 0 saturated heterocycles. The van der Waals surface area contributed by atoms with Crippen LogP contribution in [0.4, 0.5) is 119 Å². The largest absolute Gasteiger partial charge is 0.454 e. The fourth-order valence-electron chi connectivity index (χ4n) is 22.4. The van der Waals surface area contributed by atoms with E-state index in [-0.39, 0.29) is 20.1 Å². The smallest absolute Gasteiger partial charge is 0.252 e. The fourth-order valence-corrected chi connectivity index (χ4v) is 22.4. The van der Waals surface area contributed by atoms with Gasteiger partial charge in [0.2, 0.25) is 0 Å². The Labute approximate surface area is 717 Å². The zero-order chi connectivity index (χ0) is 81.4. The van der Waals surface area contributed by atoms with E-state index >= 15 is 0 Å². The number of fused-ring (bicyclic) bond motifs is 18. The van der Waals surface area contributed by atoms with Crippen molar-refractivity contribution in [1.82, 2.24) is 0 Å². The van der Waals surface area contributed by atoms with Gasteiger partial charge < -0.3 is 47.6 Å². The average molecular weight is 1580 g/mol. The van der Waals surface area contributed by atoms with Crippen molar-refractivity contribution in [2.75, 3.05) is 34.3 Å². The third kappa shape index (κ3) is 9.57. The van der Waals surface area contributed by atoms with Gasteiger partial charge in [-0.05, 0) is 232 Å². The van der Waals surface area contributed by atoms with Gasteiger partial charge in [-0.2, -0.15) is 0 Å². The third-order valence-electron chi connectivity index (χ3n) is 27.2. The summed E-state index contributed by atoms with van der Waals surface area (Å²) in [7, 11) is 0. The van der Waals surface area contributed by atoms with Crippen LogP contribution in [0.3, 0.4) is 0 Å². The average Bonchev–Trinajstić information content (AvgIpc) is 0.770. The summed E-state index contributed by atoms with van der Waals surface area (Å²) >= 11 is 0. The molecule has 9 heterocycles. The van der Waals surface area contributed by atoms with Gasteiger partial charge in [0, 0.05) is 135 Å². The van der Waals surface area contributed by atoms with Gasteiger partial charge in [-0.1, -0.05) is 237 Å². The van der Waals surface area contributed by atoms with E-state index in [1.807, 2.05) is 0 Å². The van der Waals surface area contributed by atoms with E-state index < -0.39 is 0 Å². The lowest BCUT2D eigenvalue weighted by atomic mass is 9.24. The van der Waals surface area contributed by atoms with Crippen molar-refractivity contribution in [3.8, 4) is 0 Å². The molecular formula is C111H72B3N7O3. The second-order valence-electron chi connectivity index (χ2n) is 33.8. The zero-order valence-electron chi connectivity index (χ0n) is 68.0. The fraction of sp³-hybridized carbons (Fsp3) is 0.0270. The Bertz CT molecular complexity index is 8090. The van der Waals surface area contributed by atoms with Gasteiger partial charge >= 0.3 is 0 Å². The maximum Gasteiger partial charge on any atom is 0.252 e. The van der Waals surface area contributed by atoms with Gasteiger partial charge in [0.05, 0.1) is 17.1 Å². The van der Waals surface area contributed by atoms with Gasteiger partial charge in [0.25, 0.3) is 20.1 Å². The summed E-state index contributed by atoms with van der Waals surface area (Å²) in [6.45, 7) is 6.45. The van der Waals surface area contributed by atoms with Crippen LogP contribution in [0.25, 0.3) is 65.8 Å². The Morgan fingerprint density at radius 2 is 0.508 bits per heavy atom. The molecule has 10 nitrogen and oxygen atoms in total. The summed E-state index contributed by atoms with van der Waals surface area (Å²) < 4.78 is 21.0. The Morgan fingerprint density at radius 3 is 0.903 bits per heavy atom. The Kier molecular flexibility index (Phi) is 14.5. The predicted molar refractivity (Wildman–Crippen MR) is 519 cm³/mol. The van der Waals surface area contributed by atoms with Crippen molar-refractivity contribution in [2.45, 2.75) is 20.8 Å². The number of hydrogen-bond donors (Lipinski definition) is 0. The summed E-state index contributed by atoms with van der Waals surface area (Å²) in [6, 6.07) is 141. The Hall–Kier alpha value is -15.8. The zero-order valence-corrected chi connectivity index (χ0v) is 68.0. The highest BCUT2D eigenvalue weighted by Gasteiger charge is 2.58. The highest BCUT2D eigenvalue weighted by Crippen LogP contribution is 2.56. The van der Waals surface area contributed by atoms with Crippen LogP contribution in [0.5, 0.6) is 0 Å². The molecule has 0 radical (unpaired) electrons. The van der Waals surface area contributed by atoms with Crippen molar-refractivity contribution in [2.24, 2.45) is 0 Å². The van der Waals surface area contributed by atoms with E-state index in [1.165, 1.54) is 100.0 Å². The van der Waals surface area contributed by atoms with Crippen LogP contribution in [-0.4, -0.2) is 20.1 Å². The van der Waals surface area contributed by atoms with E-state index in [0.717, 1.165) is 151 Å². The molecule has 6 aliphatic rings. The molecule has 0 unspecified atom stereocenters. The second kappa shape index (κ2) is 26.1. The molecule has 13 heteroatoms. The minimum Gasteiger partial charge on any atom is -0.454 e. The minimum absolute atomic E-state index is 0.212. The number of nitrogens with zero attached hydrogens (tertiary/aromatic N) is 7. The number of anilines is 21. The number of benzene rings is 18. The van der Waals surface area contributed by atoms with Gasteiger partial charge in [-0.15, -0.1) is 0 Å². The second-order valence-corrected chi connectivity index (χ2v) is 33.8. The quantitative estimate of drug-likeness (QED) is 0.111. The molecule has 124 heavy (non-hydrogen) atoms. The molecule has 0 saturated carbocycles. The molecule has 0 atom stereocenters. The molecule has 578 valence electrons. The molecule has 0 spiro atoms. The molecule has 0 bridgehead atoms. The summed E-state index contributed by atoms with van der Waals surface area (Å²) in [5.74, 6) is 0. The van der Waals surface area contributed by atoms with Gasteiger partial charge in [-0.25, -0.2) is 0 Å². The normalized spacial score (nSPS) is 13.3. The standard InChI is InChI=1S/C111H72B3N7O3/c1-67-61-88-106-100-103(67)118(73-37-15-7-16-38-73)95-65-77(116(71-33-11-5-12-34-71)93-52-29-47-83-80-44-20-25-55-98(80)123-110(83)93)57-59-86(95)113(100)89-62-68(2)104-101-107(89)121(106)108-90(114(101)87-60-58-78(66-96(87)119(104)74-39-17-8-18-40-74)117(72-35-13-6-14-36-72)94-53-30-48-84-81-45-21-26-56-99(81)124-111(84)94)63-69(3)105-102(108)112(88)85-49-22-23-50-91(85)120(105)76-42-27-41-75(64-76)115(70-31-9-4-10-32-70)92-51-28-46-82-79-43-19-24-54-97(79)122-109(82)92/h4-66H,1-3H3. The lowest BCUT2D eigenvalue weighted by molar-refractivity contribution is 0.668. The topological polar surface area (TPSA) is 62.1 Å². The predicted octanol–water partition coefficient (Wildman–Crippen LogP) is 24.0. The monoisotopic (exact) mass is 1580 g/mol. The van der Waals surface area contributed by atoms with Gasteiger partial charge in [0.1, 0.15) is 16.7 Å². The SMILES string of the molecule is Cc1cc2c3c4c1N(c1cccc(N(c5ccccc5)c5cccc6c5oc5ccccc56)c1)c1ccccc1B4c1cc(C)c4c5c1N3c1c(cc(C)c3c1B2c1ccc(N(c2ccccc2)c2cccc6c2oc2ccccc26)cc1N3c1ccccc1)B5c1ccc(N(c2ccccc2)c2cccc3c2oc2ccccc23)cc1N4c1ccccc1. The molecular weight excluding hydrogens is 1510 g/mol. The summed E-state index contributed by atoms with van der Waals surface area (Å²) in [6.07, 6.45) is 0. The summed E-state index contributed by atoms with van der Waals surface area (Å²) in [5.41, 5.74) is 43.0. The number of rotatable bonds is 12. The van der Waals surface area contributed by atoms with Gasteiger partial charge in [0.15, 0.2) is 16.7 Å². The van der Waals surface area contributed by atoms with E-state index in [9.17, 15) is 0 Å². The van der Waals surface area contributed by atoms with Crippen molar-refractivity contribution in [3.05, 3.63) is 399 Å². The number of aryl methyl sites for hydroxylation is 3. The number of hydrogen-bond acceptors (Lipinski definition) is 10. The maximum atomic E-state index is 7.01. The van der Waals surface area contributed by atoms with Crippen molar-refractivity contribution in [3.63, 3.8) is 0 Å². The molecule has 0 amide bonds. The van der Waals surface area contributed by atoms with E-state index in [4.69, 9.17) is 13.3 Å². The Balaban J connectivity index is 0.737. The van der Waals surface area contributed by atoms with E-state index in [0.29, 0.717) is 0 Å². The van der Waals surface area contributed by atoms with Crippen LogP contribution in [0.2, 0.25) is 0 Å². The first-order valence-electron chi connectivity index (χ1n) is 42.9. The molecule has 0 fully saturated rings. The van der Waals surface area contributed by atoms with E-state index in [2.05, 4.69) is 437 Å². The number of furan rings is 3. The summed E-state index contributed by atoms with van der Waals surface area (Å²) in [4.78, 5) is 17.9. The van der Waals surface area contributed by atoms with E-state index in [1.54, 1.807) is 0 Å². The highest BCUT2D eigenvalue weighted by molar-refractivity contribution is 7.08. The Morgan fingerprint density at radius 1 is 0.210 bits per heavy atom. The first-order valence-corrected chi connectivity index (χ1v) is 42.9. The van der Waals surface area contributed by atoms with Crippen LogP contribution in [-0.2, 0) is 0 Å². The summed E-state index contributed by atoms with van der Waals surface area (Å²) in [5, 5.41) is 6.48. The van der Waals surface area contributed by atoms with Gasteiger partial charge in [-0.3, -0.25) is 0 Å². The number of para-hydroxylation sites is 12. The van der Waals surface area contributed by atoms with Crippen LogP contribution < -0.4 is 83.5 Å². The first-order chi connectivity index (χ1) is 61.3. The lowest BCUT2D eigenvalue weighted by Crippen LogP contribution is -2.74. The first kappa shape index (κ1) is 69.0. The molecule has 27 rings (SSSR count). The van der Waals surface area contributed by atoms with Crippen LogP contribution in [0.1, 0.15) is 16.7 Å². The third-order valence-corrected chi connectivity index (χ3v) is 27.2. The lowest BCUT2D eigenvalue weighted by Gasteiger charge is -2.55.